The summed E-state index contributed by atoms with van der Waals surface area (Å²) < 4.78 is 26.7. The maximum atomic E-state index is 13.3. The van der Waals surface area contributed by atoms with Gasteiger partial charge in [-0.2, -0.15) is 0 Å². The van der Waals surface area contributed by atoms with Crippen LogP contribution in [-0.4, -0.2) is 22.1 Å². The number of hydrogen-bond acceptors (Lipinski definition) is 2. The molecule has 1 aliphatic carbocycles. The first-order valence-corrected chi connectivity index (χ1v) is 5.64. The molecule has 1 aliphatic rings. The largest absolute Gasteiger partial charge is 0.479 e. The number of aliphatic hydroxyl groups is 1. The standard InChI is InChI=1S/C14H12F2O3/c15-13(16)8-4-7-11(9-13)14(19,12(17)18)10-5-2-1-3-6-10/h1-8,19H,9H2,(H,17,18). The van der Waals surface area contributed by atoms with Crippen LogP contribution < -0.4 is 0 Å². The van der Waals surface area contributed by atoms with E-state index in [2.05, 4.69) is 0 Å². The van der Waals surface area contributed by atoms with Gasteiger partial charge in [-0.05, 0) is 17.2 Å². The third-order valence-corrected chi connectivity index (χ3v) is 3.03. The predicted molar refractivity (Wildman–Crippen MR) is 64.8 cm³/mol. The normalized spacial score (nSPS) is 20.5. The molecule has 1 aromatic carbocycles. The van der Waals surface area contributed by atoms with E-state index in [1.165, 1.54) is 18.2 Å². The number of allylic oxidation sites excluding steroid dienone is 3. The van der Waals surface area contributed by atoms with Crippen LogP contribution in [-0.2, 0) is 10.4 Å². The van der Waals surface area contributed by atoms with Gasteiger partial charge in [-0.25, -0.2) is 13.6 Å². The molecule has 0 aromatic heterocycles. The van der Waals surface area contributed by atoms with Gasteiger partial charge >= 0.3 is 5.97 Å². The lowest BCUT2D eigenvalue weighted by atomic mass is 9.81. The van der Waals surface area contributed by atoms with E-state index in [1.54, 1.807) is 18.2 Å². The van der Waals surface area contributed by atoms with E-state index in [0.29, 0.717) is 6.08 Å². The van der Waals surface area contributed by atoms with Gasteiger partial charge < -0.3 is 10.2 Å². The van der Waals surface area contributed by atoms with Crippen molar-refractivity contribution < 1.29 is 23.8 Å². The minimum absolute atomic E-state index is 0.0554. The Balaban J connectivity index is 2.51. The number of aliphatic carboxylic acids is 1. The van der Waals surface area contributed by atoms with Crippen molar-refractivity contribution in [3.63, 3.8) is 0 Å². The lowest BCUT2D eigenvalue weighted by molar-refractivity contribution is -0.156. The van der Waals surface area contributed by atoms with Crippen molar-refractivity contribution in [2.24, 2.45) is 0 Å². The summed E-state index contributed by atoms with van der Waals surface area (Å²) in [4.78, 5) is 11.4. The van der Waals surface area contributed by atoms with Gasteiger partial charge in [0.25, 0.3) is 5.92 Å². The Kier molecular flexibility index (Phi) is 3.24. The maximum Gasteiger partial charge on any atom is 0.344 e. The third kappa shape index (κ3) is 2.42. The molecule has 0 saturated carbocycles. The average Bonchev–Trinajstić information content (AvgIpc) is 2.37. The molecule has 0 saturated heterocycles. The fourth-order valence-electron chi connectivity index (χ4n) is 2.05. The van der Waals surface area contributed by atoms with Crippen LogP contribution in [0.25, 0.3) is 0 Å². The van der Waals surface area contributed by atoms with Gasteiger partial charge in [0.05, 0.1) is 0 Å². The van der Waals surface area contributed by atoms with Crippen molar-refractivity contribution in [1.29, 1.82) is 0 Å². The Morgan fingerprint density at radius 3 is 2.42 bits per heavy atom. The maximum absolute atomic E-state index is 13.3. The summed E-state index contributed by atoms with van der Waals surface area (Å²) in [5.74, 6) is -4.72. The Bertz CT molecular complexity index is 549. The molecule has 100 valence electrons. The lowest BCUT2D eigenvalue weighted by Gasteiger charge is -2.30. The number of rotatable bonds is 3. The van der Waals surface area contributed by atoms with Gasteiger partial charge in [0.15, 0.2) is 0 Å². The fraction of sp³-hybridized carbons (Fsp3) is 0.214. The van der Waals surface area contributed by atoms with E-state index in [-0.39, 0.29) is 11.1 Å². The summed E-state index contributed by atoms with van der Waals surface area (Å²) in [6.45, 7) is 0. The number of alkyl halides is 2. The van der Waals surface area contributed by atoms with Gasteiger partial charge in [0.2, 0.25) is 5.60 Å². The zero-order chi connectivity index (χ0) is 14.1. The molecule has 19 heavy (non-hydrogen) atoms. The zero-order valence-electron chi connectivity index (χ0n) is 9.88. The van der Waals surface area contributed by atoms with Crippen LogP contribution in [0.4, 0.5) is 8.78 Å². The van der Waals surface area contributed by atoms with Crippen molar-refractivity contribution in [2.75, 3.05) is 0 Å². The summed E-state index contributed by atoms with van der Waals surface area (Å²) in [7, 11) is 0. The second kappa shape index (κ2) is 4.59. The monoisotopic (exact) mass is 266 g/mol. The molecule has 5 heteroatoms. The highest BCUT2D eigenvalue weighted by molar-refractivity contribution is 5.83. The highest BCUT2D eigenvalue weighted by atomic mass is 19.3. The van der Waals surface area contributed by atoms with Gasteiger partial charge in [-0.3, -0.25) is 0 Å². The molecule has 1 atom stereocenters. The van der Waals surface area contributed by atoms with Gasteiger partial charge in [0.1, 0.15) is 0 Å². The molecule has 0 heterocycles. The predicted octanol–water partition coefficient (Wildman–Crippen LogP) is 2.48. The molecule has 0 radical (unpaired) electrons. The fourth-order valence-corrected chi connectivity index (χ4v) is 2.05. The molecular formula is C14H12F2O3. The minimum atomic E-state index is -3.15. The van der Waals surface area contributed by atoms with Gasteiger partial charge in [-0.15, -0.1) is 0 Å². The summed E-state index contributed by atoms with van der Waals surface area (Å²) in [6.07, 6.45) is 2.15. The van der Waals surface area contributed by atoms with E-state index in [1.807, 2.05) is 0 Å². The number of benzene rings is 1. The molecule has 2 rings (SSSR count). The van der Waals surface area contributed by atoms with Crippen LogP contribution in [0.5, 0.6) is 0 Å². The zero-order valence-corrected chi connectivity index (χ0v) is 9.88. The van der Waals surface area contributed by atoms with Crippen LogP contribution in [0, 0.1) is 0 Å². The van der Waals surface area contributed by atoms with E-state index < -0.39 is 23.9 Å². The van der Waals surface area contributed by atoms with Crippen molar-refractivity contribution >= 4 is 5.97 Å². The first-order chi connectivity index (χ1) is 8.86. The third-order valence-electron chi connectivity index (χ3n) is 3.03. The van der Waals surface area contributed by atoms with E-state index >= 15 is 0 Å². The Labute approximate surface area is 108 Å². The smallest absolute Gasteiger partial charge is 0.344 e. The average molecular weight is 266 g/mol. The molecule has 0 amide bonds. The number of carboxylic acid groups (broad SMARTS) is 1. The number of carboxylic acids is 1. The molecule has 3 nitrogen and oxygen atoms in total. The van der Waals surface area contributed by atoms with Crippen molar-refractivity contribution in [1.82, 2.24) is 0 Å². The number of hydrogen-bond donors (Lipinski definition) is 2. The Morgan fingerprint density at radius 1 is 1.26 bits per heavy atom. The lowest BCUT2D eigenvalue weighted by Crippen LogP contribution is -2.40. The molecule has 2 N–H and O–H groups in total. The highest BCUT2D eigenvalue weighted by Gasteiger charge is 2.46. The van der Waals surface area contributed by atoms with E-state index in [0.717, 1.165) is 6.08 Å². The van der Waals surface area contributed by atoms with Crippen LogP contribution in [0.2, 0.25) is 0 Å². The molecule has 1 unspecified atom stereocenters. The topological polar surface area (TPSA) is 57.5 Å². The molecule has 0 aliphatic heterocycles. The van der Waals surface area contributed by atoms with Crippen LogP contribution >= 0.6 is 0 Å². The van der Waals surface area contributed by atoms with Crippen LogP contribution in [0.1, 0.15) is 12.0 Å². The van der Waals surface area contributed by atoms with E-state index in [9.17, 15) is 23.8 Å². The van der Waals surface area contributed by atoms with Crippen molar-refractivity contribution in [3.8, 4) is 0 Å². The molecule has 1 aromatic rings. The summed E-state index contributed by atoms with van der Waals surface area (Å²) >= 11 is 0. The highest BCUT2D eigenvalue weighted by Crippen LogP contribution is 2.39. The summed E-state index contributed by atoms with van der Waals surface area (Å²) in [5.41, 5.74) is -2.62. The first-order valence-electron chi connectivity index (χ1n) is 5.64. The first kappa shape index (κ1) is 13.4. The summed E-state index contributed by atoms with van der Waals surface area (Å²) in [5, 5.41) is 19.6. The Hall–Kier alpha value is -2.01. The quantitative estimate of drug-likeness (QED) is 0.883. The molecule has 0 spiro atoms. The number of carbonyl (C=O) groups is 1. The van der Waals surface area contributed by atoms with Gasteiger partial charge in [-0.1, -0.05) is 42.5 Å². The van der Waals surface area contributed by atoms with Crippen LogP contribution in [0.15, 0.2) is 54.1 Å². The minimum Gasteiger partial charge on any atom is -0.479 e. The number of halogens is 2. The van der Waals surface area contributed by atoms with E-state index in [4.69, 9.17) is 0 Å². The Morgan fingerprint density at radius 2 is 1.89 bits per heavy atom. The molecule has 0 fully saturated rings. The van der Waals surface area contributed by atoms with Crippen LogP contribution in [0.3, 0.4) is 0 Å². The van der Waals surface area contributed by atoms with Crippen molar-refractivity contribution in [2.45, 2.75) is 17.9 Å². The molecular weight excluding hydrogens is 254 g/mol. The SMILES string of the molecule is O=C(O)C(O)(C1=CC=CC(F)(F)C1)c1ccccc1. The van der Waals surface area contributed by atoms with Gasteiger partial charge in [0, 0.05) is 6.42 Å². The summed E-state index contributed by atoms with van der Waals surface area (Å²) in [6, 6.07) is 7.52. The molecule has 0 bridgehead atoms. The second-order valence-electron chi connectivity index (χ2n) is 4.37. The second-order valence-corrected chi connectivity index (χ2v) is 4.37. The van der Waals surface area contributed by atoms with Crippen molar-refractivity contribution in [3.05, 3.63) is 59.7 Å².